The lowest BCUT2D eigenvalue weighted by atomic mass is 10.1. The van der Waals surface area contributed by atoms with E-state index in [4.69, 9.17) is 9.15 Å². The molecule has 0 saturated carbocycles. The molecule has 0 saturated heterocycles. The Morgan fingerprint density at radius 1 is 1.20 bits per heavy atom. The second-order valence-corrected chi connectivity index (χ2v) is 5.51. The molecule has 1 aromatic carbocycles. The van der Waals surface area contributed by atoms with Crippen LogP contribution in [-0.2, 0) is 12.3 Å². The third-order valence-electron chi connectivity index (χ3n) is 3.19. The number of methoxy groups -OCH3 is 1. The van der Waals surface area contributed by atoms with Crippen LogP contribution < -0.4 is 10.1 Å². The van der Waals surface area contributed by atoms with Crippen molar-refractivity contribution < 1.29 is 9.15 Å². The lowest BCUT2D eigenvalue weighted by molar-refractivity contribution is 0.396. The van der Waals surface area contributed by atoms with Crippen molar-refractivity contribution in [3.05, 3.63) is 53.5 Å². The smallest absolute Gasteiger partial charge is 0.123 e. The number of rotatable bonds is 7. The Labute approximate surface area is 124 Å². The number of ether oxygens (including phenoxy) is 1. The van der Waals surface area contributed by atoms with Gasteiger partial charge in [0.15, 0.2) is 0 Å². The van der Waals surface area contributed by atoms with Crippen LogP contribution in [0.3, 0.4) is 0 Å². The van der Waals surface area contributed by atoms with E-state index in [1.165, 1.54) is 0 Å². The largest absolute Gasteiger partial charge is 0.496 e. The molecule has 1 N–H and O–H groups in total. The Kier molecular flexibility index (Phi) is 5.56. The molecule has 2 aromatic rings. The molecule has 0 amide bonds. The summed E-state index contributed by atoms with van der Waals surface area (Å²) in [7, 11) is 1.70. The predicted molar refractivity (Wildman–Crippen MR) is 84.2 cm³/mol. The first-order chi connectivity index (χ1) is 9.74. The zero-order valence-corrected chi connectivity index (χ0v) is 13.0. The summed E-state index contributed by atoms with van der Waals surface area (Å²) in [5, 5.41) is 3.46. The number of hydrogen-bond acceptors (Lipinski definition) is 4. The first kappa shape index (κ1) is 15.0. The molecule has 1 aromatic heterocycles. The third-order valence-corrected chi connectivity index (χ3v) is 3.77. The fourth-order valence-electron chi connectivity index (χ4n) is 2.12. The van der Waals surface area contributed by atoms with E-state index in [2.05, 4.69) is 24.6 Å². The molecule has 0 aliphatic carbocycles. The Morgan fingerprint density at radius 2 is 1.95 bits per heavy atom. The van der Waals surface area contributed by atoms with Gasteiger partial charge in [-0.15, -0.1) is 0 Å². The van der Waals surface area contributed by atoms with E-state index in [-0.39, 0.29) is 6.04 Å². The molecule has 0 unspecified atom stereocenters. The Bertz CT molecular complexity index is 539. The molecule has 0 radical (unpaired) electrons. The van der Waals surface area contributed by atoms with Gasteiger partial charge in [0.1, 0.15) is 17.3 Å². The SMILES string of the molecule is COc1ccccc1[C@@H](C)NCc1ccc(CSC)o1. The number of hydrogen-bond donors (Lipinski definition) is 1. The van der Waals surface area contributed by atoms with Gasteiger partial charge < -0.3 is 14.5 Å². The van der Waals surface area contributed by atoms with Gasteiger partial charge in [0.2, 0.25) is 0 Å². The average molecular weight is 291 g/mol. The second-order valence-electron chi connectivity index (χ2n) is 4.65. The lowest BCUT2D eigenvalue weighted by Crippen LogP contribution is -2.18. The number of benzene rings is 1. The van der Waals surface area contributed by atoms with Gasteiger partial charge in [0, 0.05) is 11.6 Å². The fourth-order valence-corrected chi connectivity index (χ4v) is 2.56. The zero-order chi connectivity index (χ0) is 14.4. The molecule has 108 valence electrons. The van der Waals surface area contributed by atoms with Crippen molar-refractivity contribution in [3.8, 4) is 5.75 Å². The maximum Gasteiger partial charge on any atom is 0.123 e. The monoisotopic (exact) mass is 291 g/mol. The maximum absolute atomic E-state index is 5.75. The van der Waals surface area contributed by atoms with Crippen molar-refractivity contribution in [1.29, 1.82) is 0 Å². The number of nitrogens with one attached hydrogen (secondary N) is 1. The highest BCUT2D eigenvalue weighted by molar-refractivity contribution is 7.97. The minimum absolute atomic E-state index is 0.209. The summed E-state index contributed by atoms with van der Waals surface area (Å²) in [4.78, 5) is 0. The fraction of sp³-hybridized carbons (Fsp3) is 0.375. The van der Waals surface area contributed by atoms with Crippen LogP contribution in [0.15, 0.2) is 40.8 Å². The summed E-state index contributed by atoms with van der Waals surface area (Å²) >= 11 is 1.76. The van der Waals surface area contributed by atoms with E-state index in [1.54, 1.807) is 18.9 Å². The van der Waals surface area contributed by atoms with Crippen LogP contribution in [0.2, 0.25) is 0 Å². The second kappa shape index (κ2) is 7.41. The van der Waals surface area contributed by atoms with E-state index in [1.807, 2.05) is 30.3 Å². The van der Waals surface area contributed by atoms with Crippen molar-refractivity contribution in [2.24, 2.45) is 0 Å². The highest BCUT2D eigenvalue weighted by Gasteiger charge is 2.11. The van der Waals surface area contributed by atoms with Gasteiger partial charge in [-0.2, -0.15) is 11.8 Å². The van der Waals surface area contributed by atoms with Crippen LogP contribution in [0.25, 0.3) is 0 Å². The Hall–Kier alpha value is -1.39. The summed E-state index contributed by atoms with van der Waals surface area (Å²) in [6.07, 6.45) is 2.07. The van der Waals surface area contributed by atoms with Crippen LogP contribution >= 0.6 is 11.8 Å². The predicted octanol–water partition coefficient (Wildman–Crippen LogP) is 4.00. The zero-order valence-electron chi connectivity index (χ0n) is 12.2. The highest BCUT2D eigenvalue weighted by Crippen LogP contribution is 2.24. The van der Waals surface area contributed by atoms with Crippen molar-refractivity contribution in [3.63, 3.8) is 0 Å². The summed E-state index contributed by atoms with van der Waals surface area (Å²) in [6.45, 7) is 2.84. The Morgan fingerprint density at radius 3 is 2.70 bits per heavy atom. The average Bonchev–Trinajstić information content (AvgIpc) is 2.93. The van der Waals surface area contributed by atoms with Gasteiger partial charge >= 0.3 is 0 Å². The molecule has 4 heteroatoms. The molecule has 20 heavy (non-hydrogen) atoms. The van der Waals surface area contributed by atoms with Crippen LogP contribution in [0, 0.1) is 0 Å². The van der Waals surface area contributed by atoms with Crippen molar-refractivity contribution in [2.75, 3.05) is 13.4 Å². The van der Waals surface area contributed by atoms with Gasteiger partial charge in [0.25, 0.3) is 0 Å². The van der Waals surface area contributed by atoms with Crippen LogP contribution in [0.5, 0.6) is 5.75 Å². The Balaban J connectivity index is 1.95. The topological polar surface area (TPSA) is 34.4 Å². The molecule has 1 atom stereocenters. The van der Waals surface area contributed by atoms with Gasteiger partial charge in [-0.25, -0.2) is 0 Å². The van der Waals surface area contributed by atoms with Crippen molar-refractivity contribution in [1.82, 2.24) is 5.32 Å². The quantitative estimate of drug-likeness (QED) is 0.836. The van der Waals surface area contributed by atoms with Gasteiger partial charge in [-0.3, -0.25) is 0 Å². The molecule has 1 heterocycles. The van der Waals surface area contributed by atoms with Gasteiger partial charge in [-0.05, 0) is 31.4 Å². The van der Waals surface area contributed by atoms with Crippen LogP contribution in [0.1, 0.15) is 30.0 Å². The van der Waals surface area contributed by atoms with E-state index in [9.17, 15) is 0 Å². The molecular weight excluding hydrogens is 270 g/mol. The van der Waals surface area contributed by atoms with Gasteiger partial charge in [-0.1, -0.05) is 18.2 Å². The molecule has 0 aliphatic rings. The summed E-state index contributed by atoms with van der Waals surface area (Å²) in [6, 6.07) is 12.4. The van der Waals surface area contributed by atoms with Crippen LogP contribution in [-0.4, -0.2) is 13.4 Å². The van der Waals surface area contributed by atoms with E-state index >= 15 is 0 Å². The van der Waals surface area contributed by atoms with Crippen molar-refractivity contribution >= 4 is 11.8 Å². The first-order valence-corrected chi connectivity index (χ1v) is 8.06. The molecule has 0 fully saturated rings. The van der Waals surface area contributed by atoms with E-state index in [0.717, 1.165) is 28.6 Å². The number of thioether (sulfide) groups is 1. The molecule has 2 rings (SSSR count). The lowest BCUT2D eigenvalue weighted by Gasteiger charge is -2.16. The van der Waals surface area contributed by atoms with E-state index in [0.29, 0.717) is 6.54 Å². The first-order valence-electron chi connectivity index (χ1n) is 6.67. The minimum Gasteiger partial charge on any atom is -0.496 e. The molecule has 0 aliphatic heterocycles. The third kappa shape index (κ3) is 3.81. The van der Waals surface area contributed by atoms with E-state index < -0.39 is 0 Å². The number of furan rings is 1. The normalized spacial score (nSPS) is 12.3. The highest BCUT2D eigenvalue weighted by atomic mass is 32.2. The summed E-state index contributed by atoms with van der Waals surface area (Å²) < 4.78 is 11.1. The van der Waals surface area contributed by atoms with Gasteiger partial charge in [0.05, 0.1) is 19.4 Å². The maximum atomic E-state index is 5.75. The summed E-state index contributed by atoms with van der Waals surface area (Å²) in [5.41, 5.74) is 1.16. The standard InChI is InChI=1S/C16H21NO2S/c1-12(15-6-4-5-7-16(15)18-2)17-10-13-8-9-14(19-13)11-20-3/h4-9,12,17H,10-11H2,1-3H3/t12-/m1/s1. The minimum atomic E-state index is 0.209. The molecule has 0 spiro atoms. The number of para-hydroxylation sites is 1. The molecule has 3 nitrogen and oxygen atoms in total. The summed E-state index contributed by atoms with van der Waals surface area (Å²) in [5.74, 6) is 3.83. The van der Waals surface area contributed by atoms with Crippen molar-refractivity contribution in [2.45, 2.75) is 25.3 Å². The van der Waals surface area contributed by atoms with Crippen LogP contribution in [0.4, 0.5) is 0 Å². The molecule has 0 bridgehead atoms. The molecular formula is C16H21NO2S.